The van der Waals surface area contributed by atoms with Crippen molar-refractivity contribution < 1.29 is 14.6 Å². The maximum Gasteiger partial charge on any atom is 0.137 e. The Morgan fingerprint density at radius 3 is 2.44 bits per heavy atom. The predicted molar refractivity (Wildman–Crippen MR) is 58.8 cm³/mol. The molecule has 94 valence electrons. The molecule has 2 atom stereocenters. The van der Waals surface area contributed by atoms with Crippen LogP contribution in [0.4, 0.5) is 4.79 Å². The van der Waals surface area contributed by atoms with Gasteiger partial charge in [-0.15, -0.1) is 0 Å². The van der Waals surface area contributed by atoms with Gasteiger partial charge in [0.05, 0.1) is 18.8 Å². The number of hydrogen-bond donors (Lipinski definition) is 1. The first-order chi connectivity index (χ1) is 7.36. The molecule has 1 aliphatic rings. The van der Waals surface area contributed by atoms with Crippen LogP contribution in [0.1, 0.15) is 33.6 Å². The van der Waals surface area contributed by atoms with E-state index in [9.17, 15) is 9.90 Å². The van der Waals surface area contributed by atoms with Gasteiger partial charge >= 0.3 is 0 Å². The van der Waals surface area contributed by atoms with E-state index in [0.717, 1.165) is 12.8 Å². The molecular formula is C11H21N2O3-. The molecule has 1 heterocycles. The van der Waals surface area contributed by atoms with Gasteiger partial charge in [-0.05, 0) is 33.6 Å². The lowest BCUT2D eigenvalue weighted by atomic mass is 9.98. The largest absolute Gasteiger partial charge is 0.530 e. The summed E-state index contributed by atoms with van der Waals surface area (Å²) in [7, 11) is 0. The number of carboxylic acid groups (broad SMARTS) is 1. The molecule has 2 N–H and O–H groups in total. The lowest BCUT2D eigenvalue weighted by Gasteiger charge is -2.46. The molecule has 1 saturated heterocycles. The van der Waals surface area contributed by atoms with Crippen LogP contribution in [0.2, 0.25) is 0 Å². The molecule has 1 amide bonds. The summed E-state index contributed by atoms with van der Waals surface area (Å²) in [6.45, 7) is 6.48. The van der Waals surface area contributed by atoms with Crippen molar-refractivity contribution in [2.75, 3.05) is 13.2 Å². The molecule has 0 aromatic heterocycles. The van der Waals surface area contributed by atoms with Crippen LogP contribution < -0.4 is 10.8 Å². The first-order valence-corrected chi connectivity index (χ1v) is 5.68. The van der Waals surface area contributed by atoms with E-state index < -0.39 is 11.6 Å². The molecular weight excluding hydrogens is 208 g/mol. The van der Waals surface area contributed by atoms with Gasteiger partial charge in [-0.1, -0.05) is 0 Å². The lowest BCUT2D eigenvalue weighted by Crippen LogP contribution is -2.59. The smallest absolute Gasteiger partial charge is 0.137 e. The van der Waals surface area contributed by atoms with Crippen molar-refractivity contribution in [3.8, 4) is 0 Å². The average Bonchev–Trinajstić information content (AvgIpc) is 2.16. The van der Waals surface area contributed by atoms with Gasteiger partial charge in [0.25, 0.3) is 0 Å². The summed E-state index contributed by atoms with van der Waals surface area (Å²) in [4.78, 5) is 12.5. The standard InChI is InChI=1S/C11H22N2O3/c1-11(2,3)13(10(14)15)8-4-5-9(6-12)16-7-8/h8-9H,4-7,12H2,1-3H3,(H,14,15)/p-1/t8-,9+/m1/s1. The highest BCUT2D eigenvalue weighted by molar-refractivity contribution is 5.64. The molecule has 0 spiro atoms. The summed E-state index contributed by atoms with van der Waals surface area (Å²) >= 11 is 0. The second-order valence-corrected chi connectivity index (χ2v) is 5.23. The molecule has 0 saturated carbocycles. The number of carbonyl (C=O) groups is 1. The van der Waals surface area contributed by atoms with Gasteiger partial charge in [0.2, 0.25) is 0 Å². The molecule has 1 rings (SSSR count). The number of rotatable bonds is 2. The van der Waals surface area contributed by atoms with E-state index in [4.69, 9.17) is 10.5 Å². The molecule has 0 aromatic rings. The van der Waals surface area contributed by atoms with E-state index in [1.54, 1.807) is 0 Å². The fourth-order valence-electron chi connectivity index (χ4n) is 2.15. The highest BCUT2D eigenvalue weighted by Gasteiger charge is 2.32. The van der Waals surface area contributed by atoms with Crippen LogP contribution in [-0.4, -0.2) is 41.8 Å². The molecule has 1 fully saturated rings. The van der Waals surface area contributed by atoms with Gasteiger partial charge in [-0.2, -0.15) is 0 Å². The van der Waals surface area contributed by atoms with E-state index in [1.165, 1.54) is 4.90 Å². The fraction of sp³-hybridized carbons (Fsp3) is 0.909. The van der Waals surface area contributed by atoms with E-state index >= 15 is 0 Å². The number of carbonyl (C=O) groups excluding carboxylic acids is 1. The highest BCUT2D eigenvalue weighted by Crippen LogP contribution is 2.24. The first-order valence-electron chi connectivity index (χ1n) is 5.68. The molecule has 0 aromatic carbocycles. The third kappa shape index (κ3) is 3.09. The zero-order valence-electron chi connectivity index (χ0n) is 10.2. The van der Waals surface area contributed by atoms with Crippen LogP contribution in [0.15, 0.2) is 0 Å². The third-order valence-corrected chi connectivity index (χ3v) is 2.89. The summed E-state index contributed by atoms with van der Waals surface area (Å²) < 4.78 is 5.51. The van der Waals surface area contributed by atoms with Crippen LogP contribution in [0.25, 0.3) is 0 Å². The van der Waals surface area contributed by atoms with Gasteiger partial charge in [0.1, 0.15) is 6.09 Å². The summed E-state index contributed by atoms with van der Waals surface area (Å²) in [6, 6.07) is -0.118. The van der Waals surface area contributed by atoms with E-state index in [1.807, 2.05) is 20.8 Å². The van der Waals surface area contributed by atoms with E-state index in [0.29, 0.717) is 13.2 Å². The molecule has 5 heteroatoms. The molecule has 16 heavy (non-hydrogen) atoms. The number of ether oxygens (including phenoxy) is 1. The van der Waals surface area contributed by atoms with Gasteiger partial charge < -0.3 is 25.3 Å². The number of nitrogens with zero attached hydrogens (tertiary/aromatic N) is 1. The van der Waals surface area contributed by atoms with Gasteiger partial charge in [-0.25, -0.2) is 0 Å². The minimum Gasteiger partial charge on any atom is -0.530 e. The van der Waals surface area contributed by atoms with Gasteiger partial charge in [0.15, 0.2) is 0 Å². The summed E-state index contributed by atoms with van der Waals surface area (Å²) in [5.74, 6) is 0. The molecule has 1 aliphatic heterocycles. The monoisotopic (exact) mass is 229 g/mol. The summed E-state index contributed by atoms with van der Waals surface area (Å²) in [6.07, 6.45) is 0.529. The zero-order valence-corrected chi connectivity index (χ0v) is 10.2. The number of nitrogens with two attached hydrogens (primary N) is 1. The van der Waals surface area contributed by atoms with Gasteiger partial charge in [-0.3, -0.25) is 0 Å². The van der Waals surface area contributed by atoms with Crippen molar-refractivity contribution in [2.24, 2.45) is 5.73 Å². The maximum absolute atomic E-state index is 11.1. The van der Waals surface area contributed by atoms with Crippen molar-refractivity contribution in [3.63, 3.8) is 0 Å². The third-order valence-electron chi connectivity index (χ3n) is 2.89. The van der Waals surface area contributed by atoms with Crippen molar-refractivity contribution >= 4 is 6.09 Å². The van der Waals surface area contributed by atoms with Crippen molar-refractivity contribution in [1.29, 1.82) is 0 Å². The number of amides is 1. The Kier molecular flexibility index (Phi) is 4.15. The van der Waals surface area contributed by atoms with Gasteiger partial charge in [0, 0.05) is 12.1 Å². The Morgan fingerprint density at radius 1 is 1.50 bits per heavy atom. The Labute approximate surface area is 96.6 Å². The predicted octanol–water partition coefficient (Wildman–Crippen LogP) is -0.0635. The average molecular weight is 229 g/mol. The Hall–Kier alpha value is -0.810. The molecule has 0 radical (unpaired) electrons. The summed E-state index contributed by atoms with van der Waals surface area (Å²) in [5, 5.41) is 11.1. The lowest BCUT2D eigenvalue weighted by molar-refractivity contribution is -0.276. The highest BCUT2D eigenvalue weighted by atomic mass is 16.5. The fourth-order valence-corrected chi connectivity index (χ4v) is 2.15. The minimum atomic E-state index is -1.13. The second kappa shape index (κ2) is 5.01. The normalized spacial score (nSPS) is 26.5. The van der Waals surface area contributed by atoms with Crippen LogP contribution >= 0.6 is 0 Å². The molecule has 5 nitrogen and oxygen atoms in total. The topological polar surface area (TPSA) is 78.6 Å². The van der Waals surface area contributed by atoms with Crippen molar-refractivity contribution in [3.05, 3.63) is 0 Å². The van der Waals surface area contributed by atoms with Crippen LogP contribution in [0, 0.1) is 0 Å². The number of hydrogen-bond acceptors (Lipinski definition) is 4. The Bertz CT molecular complexity index is 242. The maximum atomic E-state index is 11.1. The van der Waals surface area contributed by atoms with E-state index in [-0.39, 0.29) is 12.1 Å². The SMILES string of the molecule is CC(C)(C)N(C(=O)[O-])[C@@H]1CC[C@@H](CN)OC1. The van der Waals surface area contributed by atoms with Crippen molar-refractivity contribution in [1.82, 2.24) is 4.90 Å². The van der Waals surface area contributed by atoms with Crippen LogP contribution in [0.3, 0.4) is 0 Å². The Morgan fingerprint density at radius 2 is 2.12 bits per heavy atom. The first kappa shape index (κ1) is 13.3. The minimum absolute atomic E-state index is 0.0693. The molecule has 0 bridgehead atoms. The Balaban J connectivity index is 2.65. The van der Waals surface area contributed by atoms with Crippen molar-refractivity contribution in [2.45, 2.75) is 51.3 Å². The second-order valence-electron chi connectivity index (χ2n) is 5.23. The van der Waals surface area contributed by atoms with E-state index in [2.05, 4.69) is 0 Å². The zero-order chi connectivity index (χ0) is 12.3. The van der Waals surface area contributed by atoms with Crippen LogP contribution in [0.5, 0.6) is 0 Å². The molecule has 0 aliphatic carbocycles. The summed E-state index contributed by atoms with van der Waals surface area (Å²) in [5.41, 5.74) is 5.05. The van der Waals surface area contributed by atoms with Crippen LogP contribution in [-0.2, 0) is 4.74 Å². The molecule has 0 unspecified atom stereocenters. The quantitative estimate of drug-likeness (QED) is 0.719.